The molecule has 1 atom stereocenters. The van der Waals surface area contributed by atoms with Crippen LogP contribution in [0.25, 0.3) is 0 Å². The lowest BCUT2D eigenvalue weighted by Gasteiger charge is -2.24. The minimum absolute atomic E-state index is 0.706. The lowest BCUT2D eigenvalue weighted by molar-refractivity contribution is 0.0389. The van der Waals surface area contributed by atoms with E-state index in [1.807, 2.05) is 18.2 Å². The van der Waals surface area contributed by atoms with Crippen molar-refractivity contribution in [1.29, 1.82) is 0 Å². The molecule has 2 aromatic carbocycles. The maximum Gasteiger partial charge on any atom is 0.0942 e. The Kier molecular flexibility index (Phi) is 2.83. The third kappa shape index (κ3) is 2.14. The molecular formula is C19H21NO. The van der Waals surface area contributed by atoms with Gasteiger partial charge in [0.05, 0.1) is 5.60 Å². The lowest BCUT2D eigenvalue weighted by atomic mass is 9.88. The van der Waals surface area contributed by atoms with Gasteiger partial charge in [-0.2, -0.15) is 0 Å². The Balaban J connectivity index is 1.66. The van der Waals surface area contributed by atoms with Crippen LogP contribution in [-0.4, -0.2) is 5.11 Å². The van der Waals surface area contributed by atoms with Gasteiger partial charge in [0.1, 0.15) is 0 Å². The second-order valence-electron chi connectivity index (χ2n) is 6.58. The SMILES string of the molecule is Nc1ccc2c(c1)CCC2(O)Cc1ccc2c(c1)CCC2. The summed E-state index contributed by atoms with van der Waals surface area (Å²) in [5, 5.41) is 11.1. The molecule has 4 rings (SSSR count). The van der Waals surface area contributed by atoms with Gasteiger partial charge in [0.2, 0.25) is 0 Å². The van der Waals surface area contributed by atoms with Gasteiger partial charge >= 0.3 is 0 Å². The summed E-state index contributed by atoms with van der Waals surface area (Å²) in [5.74, 6) is 0. The van der Waals surface area contributed by atoms with Crippen LogP contribution in [-0.2, 0) is 31.3 Å². The largest absolute Gasteiger partial charge is 0.399 e. The monoisotopic (exact) mass is 279 g/mol. The van der Waals surface area contributed by atoms with Crippen molar-refractivity contribution in [2.24, 2.45) is 0 Å². The fourth-order valence-corrected chi connectivity index (χ4v) is 4.01. The Morgan fingerprint density at radius 3 is 2.71 bits per heavy atom. The van der Waals surface area contributed by atoms with Crippen LogP contribution in [0.3, 0.4) is 0 Å². The maximum atomic E-state index is 11.1. The van der Waals surface area contributed by atoms with Gasteiger partial charge in [0, 0.05) is 12.1 Å². The number of rotatable bonds is 2. The van der Waals surface area contributed by atoms with Crippen LogP contribution in [0.1, 0.15) is 40.7 Å². The summed E-state index contributed by atoms with van der Waals surface area (Å²) in [6, 6.07) is 12.7. The van der Waals surface area contributed by atoms with Crippen LogP contribution in [0.2, 0.25) is 0 Å². The molecule has 21 heavy (non-hydrogen) atoms. The van der Waals surface area contributed by atoms with Gasteiger partial charge in [0.25, 0.3) is 0 Å². The third-order valence-electron chi connectivity index (χ3n) is 5.10. The van der Waals surface area contributed by atoms with Crippen molar-refractivity contribution in [3.05, 3.63) is 64.2 Å². The minimum atomic E-state index is -0.726. The second kappa shape index (κ2) is 4.60. The first kappa shape index (κ1) is 12.9. The molecule has 3 N–H and O–H groups in total. The average Bonchev–Trinajstić information content (AvgIpc) is 3.04. The van der Waals surface area contributed by atoms with Crippen molar-refractivity contribution in [1.82, 2.24) is 0 Å². The minimum Gasteiger partial charge on any atom is -0.399 e. The summed E-state index contributed by atoms with van der Waals surface area (Å²) >= 11 is 0. The van der Waals surface area contributed by atoms with Gasteiger partial charge in [-0.1, -0.05) is 24.3 Å². The molecule has 0 saturated heterocycles. The van der Waals surface area contributed by atoms with Crippen LogP contribution in [0.4, 0.5) is 5.69 Å². The van der Waals surface area contributed by atoms with Crippen LogP contribution in [0.15, 0.2) is 36.4 Å². The Morgan fingerprint density at radius 2 is 1.81 bits per heavy atom. The molecule has 0 amide bonds. The van der Waals surface area contributed by atoms with Gasteiger partial charge < -0.3 is 10.8 Å². The number of benzene rings is 2. The Hall–Kier alpha value is -1.80. The first-order chi connectivity index (χ1) is 10.1. The van der Waals surface area contributed by atoms with E-state index in [0.717, 1.165) is 24.1 Å². The molecule has 2 aromatic rings. The van der Waals surface area contributed by atoms with E-state index >= 15 is 0 Å². The van der Waals surface area contributed by atoms with Gasteiger partial charge in [-0.25, -0.2) is 0 Å². The number of aliphatic hydroxyl groups is 1. The van der Waals surface area contributed by atoms with E-state index in [4.69, 9.17) is 5.73 Å². The number of nitrogens with two attached hydrogens (primary N) is 1. The number of hydrogen-bond donors (Lipinski definition) is 2. The summed E-state index contributed by atoms with van der Waals surface area (Å²) in [7, 11) is 0. The molecule has 0 aromatic heterocycles. The van der Waals surface area contributed by atoms with Crippen LogP contribution in [0.5, 0.6) is 0 Å². The number of nitrogen functional groups attached to an aromatic ring is 1. The fourth-order valence-electron chi connectivity index (χ4n) is 4.01. The normalized spacial score (nSPS) is 23.1. The Labute approximate surface area is 125 Å². The summed E-state index contributed by atoms with van der Waals surface area (Å²) in [6.45, 7) is 0. The lowest BCUT2D eigenvalue weighted by Crippen LogP contribution is -2.25. The van der Waals surface area contributed by atoms with E-state index in [9.17, 15) is 5.11 Å². The van der Waals surface area contributed by atoms with E-state index in [2.05, 4.69) is 18.2 Å². The molecule has 108 valence electrons. The van der Waals surface area contributed by atoms with E-state index < -0.39 is 5.60 Å². The summed E-state index contributed by atoms with van der Waals surface area (Å²) in [6.07, 6.45) is 6.09. The highest BCUT2D eigenvalue weighted by Crippen LogP contribution is 2.40. The molecule has 0 radical (unpaired) electrons. The molecule has 0 fully saturated rings. The first-order valence-corrected chi connectivity index (χ1v) is 7.86. The van der Waals surface area contributed by atoms with Crippen molar-refractivity contribution in [3.63, 3.8) is 0 Å². The van der Waals surface area contributed by atoms with Crippen molar-refractivity contribution >= 4 is 5.69 Å². The molecule has 2 nitrogen and oxygen atoms in total. The fraction of sp³-hybridized carbons (Fsp3) is 0.368. The zero-order chi connectivity index (χ0) is 14.4. The van der Waals surface area contributed by atoms with Gasteiger partial charge in [-0.15, -0.1) is 0 Å². The van der Waals surface area contributed by atoms with Crippen molar-refractivity contribution in [2.45, 2.75) is 44.1 Å². The highest BCUT2D eigenvalue weighted by atomic mass is 16.3. The molecule has 2 aliphatic rings. The highest BCUT2D eigenvalue weighted by molar-refractivity contribution is 5.49. The van der Waals surface area contributed by atoms with Crippen molar-refractivity contribution in [3.8, 4) is 0 Å². The van der Waals surface area contributed by atoms with E-state index in [1.54, 1.807) is 0 Å². The second-order valence-corrected chi connectivity index (χ2v) is 6.58. The van der Waals surface area contributed by atoms with E-state index in [-0.39, 0.29) is 0 Å². The van der Waals surface area contributed by atoms with Crippen molar-refractivity contribution in [2.75, 3.05) is 5.73 Å². The summed E-state index contributed by atoms with van der Waals surface area (Å²) in [4.78, 5) is 0. The smallest absolute Gasteiger partial charge is 0.0942 e. The highest BCUT2D eigenvalue weighted by Gasteiger charge is 2.36. The van der Waals surface area contributed by atoms with Crippen LogP contribution >= 0.6 is 0 Å². The maximum absolute atomic E-state index is 11.1. The van der Waals surface area contributed by atoms with Crippen molar-refractivity contribution < 1.29 is 5.11 Å². The number of hydrogen-bond acceptors (Lipinski definition) is 2. The predicted octanol–water partition coefficient (Wildman–Crippen LogP) is 3.13. The van der Waals surface area contributed by atoms with E-state index in [1.165, 1.54) is 41.5 Å². The van der Waals surface area contributed by atoms with E-state index in [0.29, 0.717) is 6.42 Å². The molecule has 0 spiro atoms. The summed E-state index contributed by atoms with van der Waals surface area (Å²) in [5.41, 5.74) is 12.4. The average molecular weight is 279 g/mol. The molecule has 1 unspecified atom stereocenters. The number of aryl methyl sites for hydroxylation is 3. The Morgan fingerprint density at radius 1 is 0.952 bits per heavy atom. The Bertz CT molecular complexity index is 707. The zero-order valence-electron chi connectivity index (χ0n) is 12.2. The molecular weight excluding hydrogens is 258 g/mol. The first-order valence-electron chi connectivity index (χ1n) is 7.86. The number of anilines is 1. The molecule has 2 heteroatoms. The topological polar surface area (TPSA) is 46.2 Å². The van der Waals surface area contributed by atoms with Gasteiger partial charge in [0.15, 0.2) is 0 Å². The quantitative estimate of drug-likeness (QED) is 0.830. The van der Waals surface area contributed by atoms with Crippen LogP contribution in [0, 0.1) is 0 Å². The third-order valence-corrected chi connectivity index (χ3v) is 5.10. The van der Waals surface area contributed by atoms with Gasteiger partial charge in [-0.3, -0.25) is 0 Å². The number of fused-ring (bicyclic) bond motifs is 2. The standard InChI is InChI=1S/C19H21NO/c20-17-6-7-18-16(11-17)8-9-19(18,21)12-13-4-5-14-2-1-3-15(14)10-13/h4-7,10-11,21H,1-3,8-9,12,20H2. The van der Waals surface area contributed by atoms with Gasteiger partial charge in [-0.05, 0) is 72.1 Å². The molecule has 0 heterocycles. The summed E-state index contributed by atoms with van der Waals surface area (Å²) < 4.78 is 0. The molecule has 0 aliphatic heterocycles. The molecule has 2 aliphatic carbocycles. The zero-order valence-corrected chi connectivity index (χ0v) is 12.2. The molecule has 0 bridgehead atoms. The predicted molar refractivity (Wildman–Crippen MR) is 85.2 cm³/mol. The molecule has 0 saturated carbocycles. The van der Waals surface area contributed by atoms with Crippen LogP contribution < -0.4 is 5.73 Å².